The number of aliphatic carboxylic acids is 1. The first kappa shape index (κ1) is 17.4. The summed E-state index contributed by atoms with van der Waals surface area (Å²) in [6.07, 6.45) is 5.25. The van der Waals surface area contributed by atoms with Crippen LogP contribution in [-0.4, -0.2) is 60.6 Å². The summed E-state index contributed by atoms with van der Waals surface area (Å²) in [7, 11) is 4.16. The molecule has 4 heteroatoms. The van der Waals surface area contributed by atoms with Gasteiger partial charge in [-0.05, 0) is 52.2 Å². The molecule has 0 spiro atoms. The standard InChI is InChI=1S/C16H32N2O2/c1-5-9-18(11-10-17(3)4)15-12-13(6-2)7-8-14(15)16(19)20/h13-15H,5-12H2,1-4H3,(H,19,20). The van der Waals surface area contributed by atoms with Gasteiger partial charge in [0, 0.05) is 19.1 Å². The van der Waals surface area contributed by atoms with Crippen molar-refractivity contribution in [3.63, 3.8) is 0 Å². The van der Waals surface area contributed by atoms with Crippen molar-refractivity contribution < 1.29 is 9.90 Å². The maximum absolute atomic E-state index is 11.6. The van der Waals surface area contributed by atoms with E-state index < -0.39 is 5.97 Å². The maximum Gasteiger partial charge on any atom is 0.308 e. The Hall–Kier alpha value is -0.610. The minimum absolute atomic E-state index is 0.175. The molecule has 0 aromatic rings. The summed E-state index contributed by atoms with van der Waals surface area (Å²) < 4.78 is 0. The fourth-order valence-corrected chi connectivity index (χ4v) is 3.35. The average molecular weight is 284 g/mol. The molecule has 118 valence electrons. The molecule has 1 aliphatic rings. The van der Waals surface area contributed by atoms with Gasteiger partial charge in [0.25, 0.3) is 0 Å². The zero-order valence-electron chi connectivity index (χ0n) is 13.6. The van der Waals surface area contributed by atoms with E-state index in [0.717, 1.165) is 45.3 Å². The lowest BCUT2D eigenvalue weighted by Gasteiger charge is -2.41. The van der Waals surface area contributed by atoms with E-state index in [0.29, 0.717) is 5.92 Å². The largest absolute Gasteiger partial charge is 0.481 e. The topological polar surface area (TPSA) is 43.8 Å². The molecule has 4 nitrogen and oxygen atoms in total. The van der Waals surface area contributed by atoms with Gasteiger partial charge in [0.15, 0.2) is 0 Å². The minimum Gasteiger partial charge on any atom is -0.481 e. The molecule has 0 radical (unpaired) electrons. The van der Waals surface area contributed by atoms with Gasteiger partial charge in [-0.1, -0.05) is 20.3 Å². The number of rotatable bonds is 8. The van der Waals surface area contributed by atoms with Crippen LogP contribution in [0.25, 0.3) is 0 Å². The second-order valence-electron chi connectivity index (χ2n) is 6.44. The molecule has 1 aliphatic carbocycles. The van der Waals surface area contributed by atoms with E-state index in [1.807, 2.05) is 0 Å². The highest BCUT2D eigenvalue weighted by Gasteiger charge is 2.37. The van der Waals surface area contributed by atoms with E-state index in [-0.39, 0.29) is 12.0 Å². The monoisotopic (exact) mass is 284 g/mol. The second-order valence-corrected chi connectivity index (χ2v) is 6.44. The van der Waals surface area contributed by atoms with Crippen molar-refractivity contribution in [2.75, 3.05) is 33.7 Å². The van der Waals surface area contributed by atoms with Crippen LogP contribution in [0.3, 0.4) is 0 Å². The Morgan fingerprint density at radius 3 is 2.35 bits per heavy atom. The quantitative estimate of drug-likeness (QED) is 0.744. The SMILES string of the molecule is CCCN(CCN(C)C)C1CC(CC)CCC1C(=O)O. The molecular weight excluding hydrogens is 252 g/mol. The average Bonchev–Trinajstić information content (AvgIpc) is 2.42. The first-order valence-electron chi connectivity index (χ1n) is 8.11. The van der Waals surface area contributed by atoms with E-state index in [9.17, 15) is 9.90 Å². The van der Waals surface area contributed by atoms with Gasteiger partial charge >= 0.3 is 5.97 Å². The zero-order valence-corrected chi connectivity index (χ0v) is 13.6. The first-order valence-corrected chi connectivity index (χ1v) is 8.11. The van der Waals surface area contributed by atoms with E-state index in [4.69, 9.17) is 0 Å². The highest BCUT2D eigenvalue weighted by Crippen LogP contribution is 2.34. The van der Waals surface area contributed by atoms with Crippen LogP contribution < -0.4 is 0 Å². The highest BCUT2D eigenvalue weighted by molar-refractivity contribution is 5.71. The van der Waals surface area contributed by atoms with Gasteiger partial charge in [-0.15, -0.1) is 0 Å². The summed E-state index contributed by atoms with van der Waals surface area (Å²) in [5.41, 5.74) is 0. The van der Waals surface area contributed by atoms with Crippen LogP contribution in [0.15, 0.2) is 0 Å². The fraction of sp³-hybridized carbons (Fsp3) is 0.938. The summed E-state index contributed by atoms with van der Waals surface area (Å²) in [5, 5.41) is 9.53. The predicted molar refractivity (Wildman–Crippen MR) is 83.0 cm³/mol. The fourth-order valence-electron chi connectivity index (χ4n) is 3.35. The van der Waals surface area contributed by atoms with Crippen molar-refractivity contribution >= 4 is 5.97 Å². The molecular formula is C16H32N2O2. The third kappa shape index (κ3) is 5.06. The number of hydrogen-bond donors (Lipinski definition) is 1. The van der Waals surface area contributed by atoms with Crippen LogP contribution in [0.1, 0.15) is 46.0 Å². The van der Waals surface area contributed by atoms with Gasteiger partial charge in [-0.25, -0.2) is 0 Å². The van der Waals surface area contributed by atoms with E-state index in [1.54, 1.807) is 0 Å². The minimum atomic E-state index is -0.601. The number of hydrogen-bond acceptors (Lipinski definition) is 3. The molecule has 1 fully saturated rings. The van der Waals surface area contributed by atoms with Crippen molar-refractivity contribution in [2.24, 2.45) is 11.8 Å². The highest BCUT2D eigenvalue weighted by atomic mass is 16.4. The van der Waals surface area contributed by atoms with Crippen molar-refractivity contribution in [1.29, 1.82) is 0 Å². The Balaban J connectivity index is 2.76. The van der Waals surface area contributed by atoms with Gasteiger partial charge in [0.2, 0.25) is 0 Å². The molecule has 20 heavy (non-hydrogen) atoms. The summed E-state index contributed by atoms with van der Waals surface area (Å²) in [6, 6.07) is 0.228. The summed E-state index contributed by atoms with van der Waals surface area (Å²) in [5.74, 6) is -0.0728. The van der Waals surface area contributed by atoms with Crippen molar-refractivity contribution in [2.45, 2.75) is 52.0 Å². The lowest BCUT2D eigenvalue weighted by Crippen LogP contribution is -2.49. The Morgan fingerprint density at radius 1 is 1.15 bits per heavy atom. The molecule has 3 atom stereocenters. The summed E-state index contributed by atoms with van der Waals surface area (Å²) >= 11 is 0. The lowest BCUT2D eigenvalue weighted by molar-refractivity contribution is -0.146. The van der Waals surface area contributed by atoms with Crippen LogP contribution >= 0.6 is 0 Å². The number of likely N-dealkylation sites (N-methyl/N-ethyl adjacent to an activating group) is 1. The van der Waals surface area contributed by atoms with Crippen LogP contribution in [-0.2, 0) is 4.79 Å². The lowest BCUT2D eigenvalue weighted by atomic mass is 9.76. The van der Waals surface area contributed by atoms with Gasteiger partial charge < -0.3 is 10.0 Å². The van der Waals surface area contributed by atoms with Gasteiger partial charge in [-0.2, -0.15) is 0 Å². The molecule has 0 amide bonds. The van der Waals surface area contributed by atoms with Crippen LogP contribution in [0.2, 0.25) is 0 Å². The van der Waals surface area contributed by atoms with E-state index >= 15 is 0 Å². The Kier molecular flexibility index (Phi) is 7.52. The van der Waals surface area contributed by atoms with Gasteiger partial charge in [0.05, 0.1) is 5.92 Å². The zero-order chi connectivity index (χ0) is 15.1. The molecule has 0 heterocycles. The number of carbonyl (C=O) groups is 1. The molecule has 0 aliphatic heterocycles. The molecule has 1 N–H and O–H groups in total. The third-order valence-electron chi connectivity index (χ3n) is 4.63. The van der Waals surface area contributed by atoms with Crippen molar-refractivity contribution in [1.82, 2.24) is 9.80 Å². The number of carboxylic acids is 1. The number of carboxylic acid groups (broad SMARTS) is 1. The molecule has 0 saturated heterocycles. The predicted octanol–water partition coefficient (Wildman–Crippen LogP) is 2.54. The Bertz CT molecular complexity index is 294. The van der Waals surface area contributed by atoms with E-state index in [1.165, 1.54) is 6.42 Å². The second kappa shape index (κ2) is 8.63. The normalized spacial score (nSPS) is 27.2. The Labute approximate surface area is 124 Å². The van der Waals surface area contributed by atoms with Crippen molar-refractivity contribution in [3.8, 4) is 0 Å². The smallest absolute Gasteiger partial charge is 0.308 e. The molecule has 3 unspecified atom stereocenters. The van der Waals surface area contributed by atoms with E-state index in [2.05, 4.69) is 37.7 Å². The maximum atomic E-state index is 11.6. The molecule has 1 saturated carbocycles. The van der Waals surface area contributed by atoms with Crippen LogP contribution in [0, 0.1) is 11.8 Å². The van der Waals surface area contributed by atoms with Crippen LogP contribution in [0.4, 0.5) is 0 Å². The van der Waals surface area contributed by atoms with Crippen molar-refractivity contribution in [3.05, 3.63) is 0 Å². The third-order valence-corrected chi connectivity index (χ3v) is 4.63. The Morgan fingerprint density at radius 2 is 1.85 bits per heavy atom. The van der Waals surface area contributed by atoms with Gasteiger partial charge in [-0.3, -0.25) is 9.69 Å². The molecule has 0 aromatic heterocycles. The molecule has 1 rings (SSSR count). The first-order chi connectivity index (χ1) is 9.49. The number of nitrogens with zero attached hydrogens (tertiary/aromatic N) is 2. The summed E-state index contributed by atoms with van der Waals surface area (Å²) in [6.45, 7) is 7.40. The molecule has 0 aromatic carbocycles. The van der Waals surface area contributed by atoms with Gasteiger partial charge in [0.1, 0.15) is 0 Å². The molecule has 0 bridgehead atoms. The van der Waals surface area contributed by atoms with Crippen LogP contribution in [0.5, 0.6) is 0 Å². The summed E-state index contributed by atoms with van der Waals surface area (Å²) in [4.78, 5) is 16.2.